The molecule has 0 saturated heterocycles. The summed E-state index contributed by atoms with van der Waals surface area (Å²) >= 11 is 0. The van der Waals surface area contributed by atoms with Gasteiger partial charge in [-0.05, 0) is 115 Å². The summed E-state index contributed by atoms with van der Waals surface area (Å²) < 4.78 is 10.8. The van der Waals surface area contributed by atoms with Crippen LogP contribution in [0.1, 0.15) is 113 Å². The number of amides is 2. The summed E-state index contributed by atoms with van der Waals surface area (Å²) in [6, 6.07) is 5.41. The Hall–Kier alpha value is -2.77. The molecule has 0 aliphatic heterocycles. The molecule has 8 heteroatoms. The Balaban J connectivity index is 1.71. The highest BCUT2D eigenvalue weighted by Crippen LogP contribution is 2.43. The Labute approximate surface area is 208 Å². The SMILES string of the molecule is CC(C)(C)OC(=O)NC1CCC(c2ccc(C(=O)O)cc2C2CCC(NC(=O)OC(C)(C)C)C2)C1. The van der Waals surface area contributed by atoms with Crippen LogP contribution in [0.5, 0.6) is 0 Å². The first kappa shape index (κ1) is 26.8. The van der Waals surface area contributed by atoms with Crippen molar-refractivity contribution >= 4 is 18.2 Å². The van der Waals surface area contributed by atoms with E-state index in [1.165, 1.54) is 0 Å². The summed E-state index contributed by atoms with van der Waals surface area (Å²) in [5, 5.41) is 15.5. The normalized spacial score (nSPS) is 24.6. The third-order valence-corrected chi connectivity index (χ3v) is 6.52. The van der Waals surface area contributed by atoms with Gasteiger partial charge in [0.1, 0.15) is 11.2 Å². The number of carboxylic acid groups (broad SMARTS) is 1. The van der Waals surface area contributed by atoms with Crippen LogP contribution in [0.2, 0.25) is 0 Å². The zero-order valence-electron chi connectivity index (χ0n) is 21.8. The van der Waals surface area contributed by atoms with Crippen LogP contribution in [0.15, 0.2) is 18.2 Å². The van der Waals surface area contributed by atoms with Crippen LogP contribution >= 0.6 is 0 Å². The Morgan fingerprint density at radius 2 is 1.23 bits per heavy atom. The highest BCUT2D eigenvalue weighted by atomic mass is 16.6. The number of hydrogen-bond acceptors (Lipinski definition) is 5. The summed E-state index contributed by atoms with van der Waals surface area (Å²) in [6.45, 7) is 11.0. The lowest BCUT2D eigenvalue weighted by Gasteiger charge is -2.23. The molecular formula is C27H40N2O6. The molecule has 3 rings (SSSR count). The Morgan fingerprint density at radius 3 is 1.66 bits per heavy atom. The van der Waals surface area contributed by atoms with Gasteiger partial charge in [-0.2, -0.15) is 0 Å². The quantitative estimate of drug-likeness (QED) is 0.489. The first-order valence-electron chi connectivity index (χ1n) is 12.6. The molecule has 4 unspecified atom stereocenters. The summed E-state index contributed by atoms with van der Waals surface area (Å²) in [6.07, 6.45) is 4.12. The van der Waals surface area contributed by atoms with Crippen molar-refractivity contribution in [1.82, 2.24) is 10.6 Å². The molecule has 1 aromatic carbocycles. The van der Waals surface area contributed by atoms with Crippen LogP contribution in [0.3, 0.4) is 0 Å². The Morgan fingerprint density at radius 1 is 0.771 bits per heavy atom. The van der Waals surface area contributed by atoms with Crippen molar-refractivity contribution in [3.63, 3.8) is 0 Å². The largest absolute Gasteiger partial charge is 0.478 e. The summed E-state index contributed by atoms with van der Waals surface area (Å²) in [5.74, 6) is -0.567. The summed E-state index contributed by atoms with van der Waals surface area (Å²) in [5.41, 5.74) is 1.35. The van der Waals surface area contributed by atoms with E-state index in [-0.39, 0.29) is 29.5 Å². The fraction of sp³-hybridized carbons (Fsp3) is 0.667. The number of benzene rings is 1. The first-order chi connectivity index (χ1) is 16.2. The third kappa shape index (κ3) is 7.87. The number of rotatable bonds is 5. The van der Waals surface area contributed by atoms with E-state index in [0.717, 1.165) is 49.7 Å². The maximum absolute atomic E-state index is 12.2. The minimum Gasteiger partial charge on any atom is -0.478 e. The van der Waals surface area contributed by atoms with E-state index in [9.17, 15) is 19.5 Å². The number of ether oxygens (including phenoxy) is 2. The van der Waals surface area contributed by atoms with E-state index in [1.807, 2.05) is 47.6 Å². The van der Waals surface area contributed by atoms with Gasteiger partial charge < -0.3 is 25.2 Å². The lowest BCUT2D eigenvalue weighted by Crippen LogP contribution is -2.38. The van der Waals surface area contributed by atoms with Crippen LogP contribution in [-0.4, -0.2) is 46.5 Å². The molecule has 0 aromatic heterocycles. The predicted octanol–water partition coefficient (Wildman–Crippen LogP) is 5.71. The number of alkyl carbamates (subject to hydrolysis) is 2. The topological polar surface area (TPSA) is 114 Å². The van der Waals surface area contributed by atoms with Gasteiger partial charge in [-0.25, -0.2) is 14.4 Å². The van der Waals surface area contributed by atoms with Gasteiger partial charge in [0.25, 0.3) is 0 Å². The van der Waals surface area contributed by atoms with Crippen molar-refractivity contribution in [2.75, 3.05) is 0 Å². The van der Waals surface area contributed by atoms with Crippen molar-refractivity contribution in [3.05, 3.63) is 34.9 Å². The standard InChI is InChI=1S/C27H40N2O6/c1-26(2,3)34-24(32)28-19-10-7-16(13-19)21-12-9-18(23(30)31)15-22(21)17-8-11-20(14-17)29-25(33)35-27(4,5)6/h9,12,15-17,19-20H,7-8,10-11,13-14H2,1-6H3,(H,28,32)(H,29,33)(H,30,31). The number of carboxylic acids is 1. The molecule has 35 heavy (non-hydrogen) atoms. The van der Waals surface area contributed by atoms with Crippen LogP contribution < -0.4 is 10.6 Å². The molecule has 1 aromatic rings. The van der Waals surface area contributed by atoms with Gasteiger partial charge in [0.05, 0.1) is 5.56 Å². The van der Waals surface area contributed by atoms with Gasteiger partial charge in [0.15, 0.2) is 0 Å². The molecule has 2 aliphatic rings. The van der Waals surface area contributed by atoms with Gasteiger partial charge in [-0.15, -0.1) is 0 Å². The van der Waals surface area contributed by atoms with E-state index in [1.54, 1.807) is 12.1 Å². The monoisotopic (exact) mass is 488 g/mol. The van der Waals surface area contributed by atoms with Crippen molar-refractivity contribution in [3.8, 4) is 0 Å². The second kappa shape index (κ2) is 10.5. The summed E-state index contributed by atoms with van der Waals surface area (Å²) in [7, 11) is 0. The zero-order valence-corrected chi connectivity index (χ0v) is 21.8. The second-order valence-electron chi connectivity index (χ2n) is 11.9. The van der Waals surface area contributed by atoms with Crippen molar-refractivity contribution in [2.45, 2.75) is 115 Å². The molecule has 0 heterocycles. The smallest absolute Gasteiger partial charge is 0.407 e. The summed E-state index contributed by atoms with van der Waals surface area (Å²) in [4.78, 5) is 36.1. The molecule has 194 valence electrons. The molecule has 2 fully saturated rings. The maximum atomic E-state index is 12.2. The molecule has 0 spiro atoms. The van der Waals surface area contributed by atoms with Crippen molar-refractivity contribution in [2.24, 2.45) is 0 Å². The Kier molecular flexibility index (Phi) is 8.02. The molecule has 8 nitrogen and oxygen atoms in total. The average molecular weight is 489 g/mol. The van der Waals surface area contributed by atoms with Crippen LogP contribution in [-0.2, 0) is 9.47 Å². The van der Waals surface area contributed by atoms with E-state index in [0.29, 0.717) is 0 Å². The molecule has 2 amide bonds. The second-order valence-corrected chi connectivity index (χ2v) is 11.9. The zero-order chi connectivity index (χ0) is 26.0. The number of nitrogens with one attached hydrogen (secondary N) is 2. The fourth-order valence-corrected chi connectivity index (χ4v) is 5.17. The van der Waals surface area contributed by atoms with Crippen LogP contribution in [0, 0.1) is 0 Å². The van der Waals surface area contributed by atoms with Gasteiger partial charge in [0.2, 0.25) is 0 Å². The van der Waals surface area contributed by atoms with Gasteiger partial charge in [0, 0.05) is 12.1 Å². The number of carbonyl (C=O) groups excluding carboxylic acids is 2. The van der Waals surface area contributed by atoms with E-state index < -0.39 is 29.4 Å². The minimum absolute atomic E-state index is 0.0126. The average Bonchev–Trinajstić information content (AvgIpc) is 3.34. The van der Waals surface area contributed by atoms with Crippen LogP contribution in [0.25, 0.3) is 0 Å². The molecule has 3 N–H and O–H groups in total. The van der Waals surface area contributed by atoms with Crippen molar-refractivity contribution in [1.29, 1.82) is 0 Å². The maximum Gasteiger partial charge on any atom is 0.407 e. The lowest BCUT2D eigenvalue weighted by atomic mass is 9.84. The molecular weight excluding hydrogens is 448 g/mol. The molecule has 2 saturated carbocycles. The Bertz CT molecular complexity index is 946. The fourth-order valence-electron chi connectivity index (χ4n) is 5.17. The third-order valence-electron chi connectivity index (χ3n) is 6.52. The predicted molar refractivity (Wildman–Crippen MR) is 133 cm³/mol. The van der Waals surface area contributed by atoms with Crippen molar-refractivity contribution < 1.29 is 29.0 Å². The first-order valence-corrected chi connectivity index (χ1v) is 12.6. The minimum atomic E-state index is -0.949. The van der Waals surface area contributed by atoms with E-state index in [4.69, 9.17) is 9.47 Å². The highest BCUT2D eigenvalue weighted by molar-refractivity contribution is 5.88. The highest BCUT2D eigenvalue weighted by Gasteiger charge is 2.34. The number of carbonyl (C=O) groups is 3. The number of aromatic carboxylic acids is 1. The van der Waals surface area contributed by atoms with E-state index in [2.05, 4.69) is 10.6 Å². The lowest BCUT2D eigenvalue weighted by molar-refractivity contribution is 0.0493. The molecule has 2 aliphatic carbocycles. The molecule has 4 atom stereocenters. The number of hydrogen-bond donors (Lipinski definition) is 3. The van der Waals surface area contributed by atoms with Gasteiger partial charge in [-0.1, -0.05) is 6.07 Å². The van der Waals surface area contributed by atoms with Gasteiger partial charge in [-0.3, -0.25) is 0 Å². The van der Waals surface area contributed by atoms with Crippen LogP contribution in [0.4, 0.5) is 9.59 Å². The molecule has 0 radical (unpaired) electrons. The van der Waals surface area contributed by atoms with Gasteiger partial charge >= 0.3 is 18.2 Å². The van der Waals surface area contributed by atoms with E-state index >= 15 is 0 Å². The molecule has 0 bridgehead atoms.